The summed E-state index contributed by atoms with van der Waals surface area (Å²) in [6.07, 6.45) is 7.65. The molecule has 0 saturated heterocycles. The highest BCUT2D eigenvalue weighted by molar-refractivity contribution is 5.37. The Hall–Kier alpha value is -0.820. The highest BCUT2D eigenvalue weighted by Gasteiger charge is 2.34. The predicted molar refractivity (Wildman–Crippen MR) is 69.6 cm³/mol. The molecule has 0 spiro atoms. The van der Waals surface area contributed by atoms with Crippen LogP contribution in [0.4, 0.5) is 0 Å². The van der Waals surface area contributed by atoms with Crippen molar-refractivity contribution in [3.8, 4) is 0 Å². The molecule has 0 heterocycles. The SMILES string of the molecule is CCCCC1(CN)CCCc2ccccc21. The molecule has 1 heteroatoms. The summed E-state index contributed by atoms with van der Waals surface area (Å²) in [5.41, 5.74) is 9.45. The van der Waals surface area contributed by atoms with Crippen LogP contribution in [0.1, 0.15) is 50.2 Å². The van der Waals surface area contributed by atoms with Gasteiger partial charge < -0.3 is 5.73 Å². The van der Waals surface area contributed by atoms with Crippen LogP contribution in [0.5, 0.6) is 0 Å². The van der Waals surface area contributed by atoms with E-state index in [0.29, 0.717) is 0 Å². The standard InChI is InChI=1S/C15H23N/c1-2-3-10-15(12-16)11-6-8-13-7-4-5-9-14(13)15/h4-5,7,9H,2-3,6,8,10-12,16H2,1H3. The van der Waals surface area contributed by atoms with Gasteiger partial charge in [-0.05, 0) is 36.8 Å². The zero-order chi connectivity index (χ0) is 11.4. The maximum Gasteiger partial charge on any atom is 0.00784 e. The smallest absolute Gasteiger partial charge is 0.00784 e. The number of fused-ring (bicyclic) bond motifs is 1. The molecule has 0 fully saturated rings. The Morgan fingerprint density at radius 1 is 1.31 bits per heavy atom. The fourth-order valence-corrected chi connectivity index (χ4v) is 3.10. The van der Waals surface area contributed by atoms with Crippen LogP contribution >= 0.6 is 0 Å². The third-order valence-corrected chi connectivity index (χ3v) is 4.09. The quantitative estimate of drug-likeness (QED) is 0.821. The van der Waals surface area contributed by atoms with Crippen molar-refractivity contribution in [2.24, 2.45) is 5.73 Å². The van der Waals surface area contributed by atoms with Crippen LogP contribution in [0.15, 0.2) is 24.3 Å². The van der Waals surface area contributed by atoms with E-state index in [1.54, 1.807) is 0 Å². The predicted octanol–water partition coefficient (Wildman–Crippen LogP) is 3.41. The van der Waals surface area contributed by atoms with Crippen LogP contribution in [0.25, 0.3) is 0 Å². The van der Waals surface area contributed by atoms with E-state index in [1.807, 2.05) is 0 Å². The van der Waals surface area contributed by atoms with Crippen LogP contribution < -0.4 is 5.73 Å². The summed E-state index contributed by atoms with van der Waals surface area (Å²) in [4.78, 5) is 0. The molecule has 2 N–H and O–H groups in total. The number of nitrogens with two attached hydrogens (primary N) is 1. The van der Waals surface area contributed by atoms with E-state index in [9.17, 15) is 0 Å². The van der Waals surface area contributed by atoms with Crippen LogP contribution in [-0.4, -0.2) is 6.54 Å². The average molecular weight is 217 g/mol. The summed E-state index contributed by atoms with van der Waals surface area (Å²) in [5.74, 6) is 0. The molecule has 1 nitrogen and oxygen atoms in total. The Morgan fingerprint density at radius 3 is 2.88 bits per heavy atom. The Morgan fingerprint density at radius 2 is 2.12 bits per heavy atom. The van der Waals surface area contributed by atoms with Crippen LogP contribution in [0, 0.1) is 0 Å². The first-order valence-electron chi connectivity index (χ1n) is 6.61. The molecule has 0 bridgehead atoms. The van der Waals surface area contributed by atoms with Crippen LogP contribution in [0.3, 0.4) is 0 Å². The van der Waals surface area contributed by atoms with E-state index >= 15 is 0 Å². The van der Waals surface area contributed by atoms with Gasteiger partial charge >= 0.3 is 0 Å². The molecule has 1 aromatic rings. The Kier molecular flexibility index (Phi) is 3.65. The third-order valence-electron chi connectivity index (χ3n) is 4.09. The van der Waals surface area contributed by atoms with Crippen molar-refractivity contribution in [1.82, 2.24) is 0 Å². The highest BCUT2D eigenvalue weighted by Crippen LogP contribution is 2.40. The maximum atomic E-state index is 6.09. The van der Waals surface area contributed by atoms with Crippen molar-refractivity contribution in [3.05, 3.63) is 35.4 Å². The van der Waals surface area contributed by atoms with Gasteiger partial charge in [-0.15, -0.1) is 0 Å². The van der Waals surface area contributed by atoms with Crippen molar-refractivity contribution in [2.45, 2.75) is 50.9 Å². The minimum Gasteiger partial charge on any atom is -0.330 e. The van der Waals surface area contributed by atoms with E-state index in [2.05, 4.69) is 31.2 Å². The molecular weight excluding hydrogens is 194 g/mol. The molecule has 16 heavy (non-hydrogen) atoms. The molecule has 1 unspecified atom stereocenters. The first-order chi connectivity index (χ1) is 7.82. The molecule has 0 saturated carbocycles. The van der Waals surface area contributed by atoms with E-state index in [-0.39, 0.29) is 5.41 Å². The monoisotopic (exact) mass is 217 g/mol. The van der Waals surface area contributed by atoms with Gasteiger partial charge in [0, 0.05) is 12.0 Å². The van der Waals surface area contributed by atoms with Crippen molar-refractivity contribution in [3.63, 3.8) is 0 Å². The van der Waals surface area contributed by atoms with Gasteiger partial charge in [0.05, 0.1) is 0 Å². The highest BCUT2D eigenvalue weighted by atomic mass is 14.6. The van der Waals surface area contributed by atoms with Gasteiger partial charge in [-0.3, -0.25) is 0 Å². The molecule has 2 rings (SSSR count). The van der Waals surface area contributed by atoms with Gasteiger partial charge in [-0.1, -0.05) is 44.0 Å². The van der Waals surface area contributed by atoms with Gasteiger partial charge in [-0.2, -0.15) is 0 Å². The topological polar surface area (TPSA) is 26.0 Å². The van der Waals surface area contributed by atoms with Gasteiger partial charge in [0.15, 0.2) is 0 Å². The molecule has 0 aromatic heterocycles. The second-order valence-electron chi connectivity index (χ2n) is 5.10. The van der Waals surface area contributed by atoms with Crippen LogP contribution in [-0.2, 0) is 11.8 Å². The number of aryl methyl sites for hydroxylation is 1. The van der Waals surface area contributed by atoms with Crippen molar-refractivity contribution >= 4 is 0 Å². The largest absolute Gasteiger partial charge is 0.330 e. The Bertz CT molecular complexity index is 345. The summed E-state index contributed by atoms with van der Waals surface area (Å²) >= 11 is 0. The third kappa shape index (κ3) is 2.01. The lowest BCUT2D eigenvalue weighted by atomic mass is 9.67. The molecule has 1 atom stereocenters. The maximum absolute atomic E-state index is 6.09. The lowest BCUT2D eigenvalue weighted by Gasteiger charge is -2.38. The normalized spacial score (nSPS) is 24.1. The first-order valence-corrected chi connectivity index (χ1v) is 6.61. The number of hydrogen-bond acceptors (Lipinski definition) is 1. The Balaban J connectivity index is 2.33. The van der Waals surface area contributed by atoms with E-state index in [4.69, 9.17) is 5.73 Å². The molecule has 1 aliphatic rings. The zero-order valence-electron chi connectivity index (χ0n) is 10.3. The van der Waals surface area contributed by atoms with Crippen LogP contribution in [0.2, 0.25) is 0 Å². The molecular formula is C15H23N. The minimum absolute atomic E-state index is 0.283. The van der Waals surface area contributed by atoms with E-state index < -0.39 is 0 Å². The second-order valence-corrected chi connectivity index (χ2v) is 5.10. The first kappa shape index (κ1) is 11.7. The molecule has 1 aliphatic carbocycles. The zero-order valence-corrected chi connectivity index (χ0v) is 10.3. The van der Waals surface area contributed by atoms with Gasteiger partial charge in [0.25, 0.3) is 0 Å². The summed E-state index contributed by atoms with van der Waals surface area (Å²) in [6, 6.07) is 8.91. The number of benzene rings is 1. The van der Waals surface area contributed by atoms with E-state index in [0.717, 1.165) is 6.54 Å². The number of unbranched alkanes of at least 4 members (excludes halogenated alkanes) is 1. The van der Waals surface area contributed by atoms with Gasteiger partial charge in [0.2, 0.25) is 0 Å². The molecule has 0 amide bonds. The van der Waals surface area contributed by atoms with Crippen molar-refractivity contribution in [1.29, 1.82) is 0 Å². The summed E-state index contributed by atoms with van der Waals surface area (Å²) in [7, 11) is 0. The lowest BCUT2D eigenvalue weighted by Crippen LogP contribution is -2.38. The molecule has 1 aromatic carbocycles. The average Bonchev–Trinajstić information content (AvgIpc) is 2.36. The molecule has 88 valence electrons. The fraction of sp³-hybridized carbons (Fsp3) is 0.600. The van der Waals surface area contributed by atoms with Crippen molar-refractivity contribution in [2.75, 3.05) is 6.54 Å². The van der Waals surface area contributed by atoms with Crippen molar-refractivity contribution < 1.29 is 0 Å². The molecule has 0 radical (unpaired) electrons. The summed E-state index contributed by atoms with van der Waals surface area (Å²) < 4.78 is 0. The van der Waals surface area contributed by atoms with E-state index in [1.165, 1.54) is 49.7 Å². The second kappa shape index (κ2) is 5.01. The number of rotatable bonds is 4. The fourth-order valence-electron chi connectivity index (χ4n) is 3.10. The Labute approximate surface area is 99.0 Å². The van der Waals surface area contributed by atoms with Gasteiger partial charge in [0.1, 0.15) is 0 Å². The summed E-state index contributed by atoms with van der Waals surface area (Å²) in [6.45, 7) is 3.07. The minimum atomic E-state index is 0.283. The number of hydrogen-bond donors (Lipinski definition) is 1. The summed E-state index contributed by atoms with van der Waals surface area (Å²) in [5, 5.41) is 0. The lowest BCUT2D eigenvalue weighted by molar-refractivity contribution is 0.333. The van der Waals surface area contributed by atoms with Gasteiger partial charge in [-0.25, -0.2) is 0 Å². The molecule has 0 aliphatic heterocycles.